The molecule has 2 rings (SSSR count). The van der Waals surface area contributed by atoms with Gasteiger partial charge >= 0.3 is 0 Å². The molecule has 0 aliphatic carbocycles. The van der Waals surface area contributed by atoms with Gasteiger partial charge in [-0.05, 0) is 18.1 Å². The molecule has 0 spiro atoms. The van der Waals surface area contributed by atoms with Crippen molar-refractivity contribution in [3.8, 4) is 0 Å². The van der Waals surface area contributed by atoms with E-state index in [0.29, 0.717) is 34.3 Å². The molecule has 0 bridgehead atoms. The van der Waals surface area contributed by atoms with Crippen molar-refractivity contribution in [3.63, 3.8) is 0 Å². The molecule has 0 radical (unpaired) electrons. The first-order chi connectivity index (χ1) is 7.67. The molecule has 2 nitrogen and oxygen atoms in total. The SMILES string of the molecule is CCC1=Nc2ccc(CBr)c(F)c2CC1=O. The van der Waals surface area contributed by atoms with Crippen LogP contribution in [0.25, 0.3) is 0 Å². The Morgan fingerprint density at radius 3 is 2.88 bits per heavy atom. The first-order valence-corrected chi connectivity index (χ1v) is 6.26. The van der Waals surface area contributed by atoms with E-state index in [-0.39, 0.29) is 18.0 Å². The maximum absolute atomic E-state index is 13.9. The topological polar surface area (TPSA) is 29.4 Å². The van der Waals surface area contributed by atoms with E-state index in [2.05, 4.69) is 20.9 Å². The van der Waals surface area contributed by atoms with Crippen LogP contribution in [0.1, 0.15) is 24.5 Å². The van der Waals surface area contributed by atoms with Crippen molar-refractivity contribution in [1.29, 1.82) is 0 Å². The number of hydrogen-bond donors (Lipinski definition) is 0. The molecule has 1 aliphatic rings. The van der Waals surface area contributed by atoms with Gasteiger partial charge in [0, 0.05) is 17.3 Å². The second-order valence-corrected chi connectivity index (χ2v) is 4.24. The molecule has 1 aliphatic heterocycles. The van der Waals surface area contributed by atoms with Gasteiger partial charge in [-0.25, -0.2) is 9.38 Å². The van der Waals surface area contributed by atoms with E-state index in [9.17, 15) is 9.18 Å². The Morgan fingerprint density at radius 2 is 2.25 bits per heavy atom. The van der Waals surface area contributed by atoms with Crippen molar-refractivity contribution >= 4 is 33.1 Å². The Bertz CT molecular complexity index is 482. The summed E-state index contributed by atoms with van der Waals surface area (Å²) in [6.45, 7) is 1.88. The minimum atomic E-state index is -0.304. The molecule has 0 aromatic heterocycles. The van der Waals surface area contributed by atoms with Gasteiger partial charge in [-0.2, -0.15) is 0 Å². The summed E-state index contributed by atoms with van der Waals surface area (Å²) in [6.07, 6.45) is 0.731. The lowest BCUT2D eigenvalue weighted by Gasteiger charge is -2.15. The molecule has 4 heteroatoms. The average molecular weight is 284 g/mol. The third kappa shape index (κ3) is 1.82. The molecule has 1 aromatic rings. The summed E-state index contributed by atoms with van der Waals surface area (Å²) in [5, 5.41) is 0.449. The van der Waals surface area contributed by atoms with E-state index < -0.39 is 0 Å². The van der Waals surface area contributed by atoms with Crippen LogP contribution in [0, 0.1) is 5.82 Å². The van der Waals surface area contributed by atoms with Crippen LogP contribution in [0.15, 0.2) is 17.1 Å². The van der Waals surface area contributed by atoms with Gasteiger partial charge in [0.15, 0.2) is 5.78 Å². The summed E-state index contributed by atoms with van der Waals surface area (Å²) in [5.74, 6) is -0.373. The van der Waals surface area contributed by atoms with Crippen LogP contribution in [0.2, 0.25) is 0 Å². The zero-order chi connectivity index (χ0) is 11.7. The Labute approximate surface area is 102 Å². The highest BCUT2D eigenvalue weighted by Crippen LogP contribution is 2.30. The summed E-state index contributed by atoms with van der Waals surface area (Å²) in [4.78, 5) is 15.8. The van der Waals surface area contributed by atoms with Crippen molar-refractivity contribution in [2.75, 3.05) is 0 Å². The molecule has 16 heavy (non-hydrogen) atoms. The Hall–Kier alpha value is -1.03. The summed E-state index contributed by atoms with van der Waals surface area (Å²) >= 11 is 3.22. The first-order valence-electron chi connectivity index (χ1n) is 5.14. The van der Waals surface area contributed by atoms with Crippen LogP contribution in [0.5, 0.6) is 0 Å². The Kier molecular flexibility index (Phi) is 3.19. The number of aliphatic imine (C=N–C) groups is 1. The first kappa shape index (κ1) is 11.5. The molecular weight excluding hydrogens is 273 g/mol. The van der Waals surface area contributed by atoms with Gasteiger partial charge in [0.25, 0.3) is 0 Å². The van der Waals surface area contributed by atoms with Crippen LogP contribution in [0.4, 0.5) is 10.1 Å². The van der Waals surface area contributed by atoms with Crippen molar-refractivity contribution in [2.24, 2.45) is 4.99 Å². The molecule has 84 valence electrons. The predicted octanol–water partition coefficient (Wildman–Crippen LogP) is 3.33. The molecule has 0 fully saturated rings. The third-order valence-corrected chi connectivity index (χ3v) is 3.30. The number of rotatable bonds is 2. The van der Waals surface area contributed by atoms with E-state index in [4.69, 9.17) is 0 Å². The molecule has 1 aromatic carbocycles. The quantitative estimate of drug-likeness (QED) is 0.766. The number of alkyl halides is 1. The van der Waals surface area contributed by atoms with Gasteiger partial charge in [0.2, 0.25) is 0 Å². The van der Waals surface area contributed by atoms with Gasteiger partial charge in [-0.15, -0.1) is 0 Å². The lowest BCUT2D eigenvalue weighted by atomic mass is 9.97. The predicted molar refractivity (Wildman–Crippen MR) is 65.1 cm³/mol. The van der Waals surface area contributed by atoms with Crippen LogP contribution >= 0.6 is 15.9 Å². The number of carbonyl (C=O) groups is 1. The van der Waals surface area contributed by atoms with Crippen molar-refractivity contribution in [2.45, 2.75) is 25.1 Å². The lowest BCUT2D eigenvalue weighted by Crippen LogP contribution is -2.20. The van der Waals surface area contributed by atoms with Crippen molar-refractivity contribution in [3.05, 3.63) is 29.1 Å². The summed E-state index contributed by atoms with van der Waals surface area (Å²) < 4.78 is 13.9. The zero-order valence-corrected chi connectivity index (χ0v) is 10.5. The average Bonchev–Trinajstić information content (AvgIpc) is 2.30. The highest BCUT2D eigenvalue weighted by atomic mass is 79.9. The van der Waals surface area contributed by atoms with Crippen molar-refractivity contribution < 1.29 is 9.18 Å². The van der Waals surface area contributed by atoms with E-state index in [1.54, 1.807) is 12.1 Å². The van der Waals surface area contributed by atoms with Gasteiger partial charge in [0.05, 0.1) is 11.4 Å². The smallest absolute Gasteiger partial charge is 0.181 e. The van der Waals surface area contributed by atoms with Crippen LogP contribution in [-0.2, 0) is 16.5 Å². The third-order valence-electron chi connectivity index (χ3n) is 2.69. The van der Waals surface area contributed by atoms with E-state index in [1.807, 2.05) is 6.92 Å². The number of carbonyl (C=O) groups excluding carboxylic acids is 1. The van der Waals surface area contributed by atoms with Crippen molar-refractivity contribution in [1.82, 2.24) is 0 Å². The second-order valence-electron chi connectivity index (χ2n) is 3.68. The van der Waals surface area contributed by atoms with Gasteiger partial charge in [-0.1, -0.05) is 28.9 Å². The Balaban J connectivity index is 2.56. The molecule has 0 unspecified atom stereocenters. The molecule has 0 atom stereocenters. The highest BCUT2D eigenvalue weighted by Gasteiger charge is 2.22. The maximum atomic E-state index is 13.9. The number of halogens is 2. The summed E-state index contributed by atoms with van der Waals surface area (Å²) in [6, 6.07) is 3.48. The lowest BCUT2D eigenvalue weighted by molar-refractivity contribution is -0.112. The fraction of sp³-hybridized carbons (Fsp3) is 0.333. The van der Waals surface area contributed by atoms with E-state index in [1.165, 1.54) is 0 Å². The standard InChI is InChI=1S/C12H11BrFNO/c1-2-9-11(16)5-8-10(15-9)4-3-7(6-13)12(8)14/h3-4H,2,5-6H2,1H3. The fourth-order valence-electron chi connectivity index (χ4n) is 1.78. The zero-order valence-electron chi connectivity index (χ0n) is 8.89. The Morgan fingerprint density at radius 1 is 1.50 bits per heavy atom. The fourth-order valence-corrected chi connectivity index (χ4v) is 2.22. The summed E-state index contributed by atoms with van der Waals surface area (Å²) in [7, 11) is 0. The van der Waals surface area contributed by atoms with Crippen LogP contribution in [0.3, 0.4) is 0 Å². The molecular formula is C12H11BrFNO. The minimum absolute atomic E-state index is 0.0689. The van der Waals surface area contributed by atoms with Crippen LogP contribution < -0.4 is 0 Å². The number of fused-ring (bicyclic) bond motifs is 1. The number of ketones is 1. The summed E-state index contributed by atoms with van der Waals surface area (Å²) in [5.41, 5.74) is 2.14. The molecule has 0 N–H and O–H groups in total. The molecule has 0 saturated heterocycles. The molecule has 0 saturated carbocycles. The minimum Gasteiger partial charge on any atom is -0.292 e. The molecule has 0 amide bonds. The largest absolute Gasteiger partial charge is 0.292 e. The van der Waals surface area contributed by atoms with Gasteiger partial charge in [0.1, 0.15) is 5.82 Å². The molecule has 1 heterocycles. The van der Waals surface area contributed by atoms with Gasteiger partial charge in [-0.3, -0.25) is 4.79 Å². The second kappa shape index (κ2) is 4.45. The van der Waals surface area contributed by atoms with Gasteiger partial charge < -0.3 is 0 Å². The normalized spacial score (nSPS) is 14.7. The maximum Gasteiger partial charge on any atom is 0.181 e. The number of benzene rings is 1. The number of hydrogen-bond acceptors (Lipinski definition) is 2. The highest BCUT2D eigenvalue weighted by molar-refractivity contribution is 9.08. The van der Waals surface area contributed by atoms with E-state index >= 15 is 0 Å². The number of Topliss-reactive ketones (excluding diaryl/α,β-unsaturated/α-hetero) is 1. The number of nitrogens with zero attached hydrogens (tertiary/aromatic N) is 1. The van der Waals surface area contributed by atoms with E-state index in [0.717, 1.165) is 0 Å². The van der Waals surface area contributed by atoms with Crippen LogP contribution in [-0.4, -0.2) is 11.5 Å². The monoisotopic (exact) mass is 283 g/mol.